The maximum absolute atomic E-state index is 13.7. The molecule has 0 amide bonds. The van der Waals surface area contributed by atoms with E-state index in [1.807, 2.05) is 24.3 Å². The molecule has 2 aromatic carbocycles. The number of ketones is 1. The van der Waals surface area contributed by atoms with Crippen LogP contribution in [0.4, 0.5) is 8.78 Å². The highest BCUT2D eigenvalue weighted by Crippen LogP contribution is 2.22. The molecule has 0 saturated carbocycles. The molecule has 104 valence electrons. The molecule has 0 bridgehead atoms. The molecule has 2 aromatic rings. The molecule has 0 aliphatic heterocycles. The van der Waals surface area contributed by atoms with Crippen LogP contribution < -0.4 is 0 Å². The summed E-state index contributed by atoms with van der Waals surface area (Å²) >= 11 is 5.51. The van der Waals surface area contributed by atoms with Crippen molar-refractivity contribution in [2.75, 3.05) is 0 Å². The highest BCUT2D eigenvalue weighted by atomic mass is 35.5. The number of carbonyl (C=O) groups excluding carboxylic acids is 1. The molecule has 0 N–H and O–H groups in total. The van der Waals surface area contributed by atoms with Gasteiger partial charge in [0.25, 0.3) is 0 Å². The lowest BCUT2D eigenvalue weighted by atomic mass is 10.0. The summed E-state index contributed by atoms with van der Waals surface area (Å²) < 4.78 is 27.1. The second-order valence-corrected chi connectivity index (χ2v) is 5.11. The van der Waals surface area contributed by atoms with Crippen molar-refractivity contribution in [1.82, 2.24) is 0 Å². The second kappa shape index (κ2) is 6.14. The van der Waals surface area contributed by atoms with Crippen LogP contribution >= 0.6 is 11.6 Å². The summed E-state index contributed by atoms with van der Waals surface area (Å²) in [6.45, 7) is 1.53. The zero-order chi connectivity index (χ0) is 14.7. The van der Waals surface area contributed by atoms with Gasteiger partial charge in [0.1, 0.15) is 5.78 Å². The smallest absolute Gasteiger partial charge is 0.177 e. The Balaban J connectivity index is 2.18. The largest absolute Gasteiger partial charge is 0.300 e. The summed E-state index contributed by atoms with van der Waals surface area (Å²) in [5, 5.41) is -0.219. The molecule has 0 saturated heterocycles. The Hall–Kier alpha value is -1.74. The van der Waals surface area contributed by atoms with Crippen molar-refractivity contribution >= 4 is 17.4 Å². The van der Waals surface area contributed by atoms with Gasteiger partial charge >= 0.3 is 0 Å². The molecule has 0 radical (unpaired) electrons. The minimum absolute atomic E-state index is 0.0866. The summed E-state index contributed by atoms with van der Waals surface area (Å²) in [7, 11) is 0. The predicted molar refractivity (Wildman–Crippen MR) is 75.0 cm³/mol. The van der Waals surface area contributed by atoms with Crippen LogP contribution in [0.15, 0.2) is 36.4 Å². The molecule has 0 spiro atoms. The van der Waals surface area contributed by atoms with E-state index in [0.717, 1.165) is 11.1 Å². The minimum atomic E-state index is -1.02. The highest BCUT2D eigenvalue weighted by Gasteiger charge is 2.12. The van der Waals surface area contributed by atoms with Gasteiger partial charge in [-0.05, 0) is 29.7 Å². The lowest BCUT2D eigenvalue weighted by Crippen LogP contribution is -1.98. The van der Waals surface area contributed by atoms with Crippen LogP contribution in [0, 0.1) is 11.6 Å². The minimum Gasteiger partial charge on any atom is -0.300 e. The molecule has 0 aromatic heterocycles. The Morgan fingerprint density at radius 3 is 2.20 bits per heavy atom. The van der Waals surface area contributed by atoms with Gasteiger partial charge in [0.2, 0.25) is 0 Å². The average molecular weight is 295 g/mol. The number of benzene rings is 2. The van der Waals surface area contributed by atoms with E-state index >= 15 is 0 Å². The molecule has 20 heavy (non-hydrogen) atoms. The summed E-state index contributed by atoms with van der Waals surface area (Å²) in [5.41, 5.74) is 2.01. The van der Waals surface area contributed by atoms with Crippen molar-refractivity contribution in [2.45, 2.75) is 19.8 Å². The van der Waals surface area contributed by atoms with E-state index in [9.17, 15) is 13.6 Å². The molecule has 0 aliphatic rings. The van der Waals surface area contributed by atoms with Crippen LogP contribution in [0.2, 0.25) is 5.02 Å². The van der Waals surface area contributed by atoms with E-state index < -0.39 is 11.6 Å². The fraction of sp³-hybridized carbons (Fsp3) is 0.188. The van der Waals surface area contributed by atoms with E-state index in [2.05, 4.69) is 0 Å². The lowest BCUT2D eigenvalue weighted by molar-refractivity contribution is -0.116. The summed E-state index contributed by atoms with van der Waals surface area (Å²) in [6, 6.07) is 10.1. The average Bonchev–Trinajstić information content (AvgIpc) is 2.41. The number of Topliss-reactive ketones (excluding diaryl/α,β-unsaturated/α-hetero) is 1. The Morgan fingerprint density at radius 2 is 1.60 bits per heavy atom. The first-order valence-corrected chi connectivity index (χ1v) is 6.55. The fourth-order valence-corrected chi connectivity index (χ4v) is 2.13. The standard InChI is InChI=1S/C16H13ClF2O/c1-10(20)8-11-2-4-12(5-3-11)9-13-6-7-14(17)16(19)15(13)18/h2-7H,8-9H2,1H3. The van der Waals surface area contributed by atoms with Crippen molar-refractivity contribution in [2.24, 2.45) is 0 Å². The summed E-state index contributed by atoms with van der Waals surface area (Å²) in [5.74, 6) is -1.84. The normalized spacial score (nSPS) is 10.6. The number of carbonyl (C=O) groups is 1. The van der Waals surface area contributed by atoms with E-state index in [4.69, 9.17) is 11.6 Å². The van der Waals surface area contributed by atoms with Gasteiger partial charge in [-0.1, -0.05) is 41.9 Å². The molecule has 2 rings (SSSR count). The van der Waals surface area contributed by atoms with Gasteiger partial charge in [-0.25, -0.2) is 8.78 Å². The zero-order valence-electron chi connectivity index (χ0n) is 10.9. The first kappa shape index (κ1) is 14.7. The second-order valence-electron chi connectivity index (χ2n) is 4.71. The van der Waals surface area contributed by atoms with Gasteiger partial charge in [-0.3, -0.25) is 4.79 Å². The van der Waals surface area contributed by atoms with Crippen molar-refractivity contribution in [3.05, 3.63) is 69.7 Å². The van der Waals surface area contributed by atoms with Crippen LogP contribution in [-0.2, 0) is 17.6 Å². The highest BCUT2D eigenvalue weighted by molar-refractivity contribution is 6.30. The molecular formula is C16H13ClF2O. The molecule has 0 unspecified atom stereocenters. The van der Waals surface area contributed by atoms with Gasteiger partial charge in [0.15, 0.2) is 11.6 Å². The first-order valence-electron chi connectivity index (χ1n) is 6.17. The predicted octanol–water partition coefficient (Wildman–Crippen LogP) is 4.34. The number of rotatable bonds is 4. The van der Waals surface area contributed by atoms with Crippen LogP contribution in [0.3, 0.4) is 0 Å². The Kier molecular flexibility index (Phi) is 4.50. The third-order valence-corrected chi connectivity index (χ3v) is 3.28. The molecule has 0 fully saturated rings. The van der Waals surface area contributed by atoms with Crippen LogP contribution in [0.1, 0.15) is 23.6 Å². The third-order valence-electron chi connectivity index (χ3n) is 2.99. The monoisotopic (exact) mass is 294 g/mol. The summed E-state index contributed by atoms with van der Waals surface area (Å²) in [6.07, 6.45) is 0.657. The van der Waals surface area contributed by atoms with Crippen molar-refractivity contribution in [1.29, 1.82) is 0 Å². The van der Waals surface area contributed by atoms with Crippen LogP contribution in [-0.4, -0.2) is 5.78 Å². The van der Waals surface area contributed by atoms with Crippen LogP contribution in [0.5, 0.6) is 0 Å². The molecular weight excluding hydrogens is 282 g/mol. The Labute approximate surface area is 121 Å². The Bertz CT molecular complexity index is 636. The van der Waals surface area contributed by atoms with Gasteiger partial charge in [-0.2, -0.15) is 0 Å². The van der Waals surface area contributed by atoms with Gasteiger partial charge < -0.3 is 0 Å². The maximum Gasteiger partial charge on any atom is 0.177 e. The van der Waals surface area contributed by atoms with E-state index in [1.165, 1.54) is 19.1 Å². The fourth-order valence-electron chi connectivity index (χ4n) is 1.98. The van der Waals surface area contributed by atoms with Crippen LogP contribution in [0.25, 0.3) is 0 Å². The SMILES string of the molecule is CC(=O)Cc1ccc(Cc2ccc(Cl)c(F)c2F)cc1. The number of hydrogen-bond donors (Lipinski definition) is 0. The summed E-state index contributed by atoms with van der Waals surface area (Å²) in [4.78, 5) is 11.0. The topological polar surface area (TPSA) is 17.1 Å². The van der Waals surface area contributed by atoms with Gasteiger partial charge in [0.05, 0.1) is 5.02 Å². The van der Waals surface area contributed by atoms with Crippen molar-refractivity contribution in [3.8, 4) is 0 Å². The number of halogens is 3. The number of hydrogen-bond acceptors (Lipinski definition) is 1. The molecule has 0 aliphatic carbocycles. The molecule has 1 nitrogen and oxygen atoms in total. The maximum atomic E-state index is 13.7. The van der Waals surface area contributed by atoms with Gasteiger partial charge in [-0.15, -0.1) is 0 Å². The van der Waals surface area contributed by atoms with E-state index in [-0.39, 0.29) is 22.8 Å². The first-order chi connectivity index (χ1) is 9.47. The molecule has 0 atom stereocenters. The third kappa shape index (κ3) is 3.42. The van der Waals surface area contributed by atoms with Crippen molar-refractivity contribution < 1.29 is 13.6 Å². The Morgan fingerprint density at radius 1 is 1.00 bits per heavy atom. The zero-order valence-corrected chi connectivity index (χ0v) is 11.7. The van der Waals surface area contributed by atoms with E-state index in [1.54, 1.807) is 0 Å². The van der Waals surface area contributed by atoms with Gasteiger partial charge in [0, 0.05) is 12.8 Å². The molecule has 0 heterocycles. The van der Waals surface area contributed by atoms with E-state index in [0.29, 0.717) is 6.42 Å². The molecule has 4 heteroatoms. The lowest BCUT2D eigenvalue weighted by Gasteiger charge is -2.06. The quantitative estimate of drug-likeness (QED) is 0.767. The van der Waals surface area contributed by atoms with Crippen molar-refractivity contribution in [3.63, 3.8) is 0 Å².